The SMILES string of the molecule is COc1ccnc(N2CCC(C(=O)NCCOc3cccc(C(F)(F)F)c3)CC2)n1. The zero-order valence-electron chi connectivity index (χ0n) is 16.5. The summed E-state index contributed by atoms with van der Waals surface area (Å²) < 4.78 is 48.6. The Morgan fingerprint density at radius 3 is 2.73 bits per heavy atom. The lowest BCUT2D eigenvalue weighted by Crippen LogP contribution is -2.42. The number of piperidine rings is 1. The standard InChI is InChI=1S/C20H23F3N4O3/c1-29-17-5-8-25-19(26-17)27-10-6-14(7-11-27)18(28)24-9-12-30-16-4-2-3-15(13-16)20(21,22)23/h2-5,8,13-14H,6-7,9-12H2,1H3,(H,24,28). The number of aromatic nitrogens is 2. The molecule has 0 unspecified atom stereocenters. The average Bonchev–Trinajstić information content (AvgIpc) is 2.76. The van der Waals surface area contributed by atoms with Gasteiger partial charge in [0.1, 0.15) is 12.4 Å². The summed E-state index contributed by atoms with van der Waals surface area (Å²) in [5, 5.41) is 2.78. The van der Waals surface area contributed by atoms with Crippen LogP contribution in [-0.4, -0.2) is 49.2 Å². The number of anilines is 1. The van der Waals surface area contributed by atoms with E-state index >= 15 is 0 Å². The zero-order chi connectivity index (χ0) is 21.6. The quantitative estimate of drug-likeness (QED) is 0.689. The van der Waals surface area contributed by atoms with Gasteiger partial charge in [-0.25, -0.2) is 4.98 Å². The van der Waals surface area contributed by atoms with Crippen molar-refractivity contribution in [3.05, 3.63) is 42.1 Å². The Kier molecular flexibility index (Phi) is 6.96. The topological polar surface area (TPSA) is 76.6 Å². The molecule has 10 heteroatoms. The third-order valence-corrected chi connectivity index (χ3v) is 4.81. The highest BCUT2D eigenvalue weighted by Gasteiger charge is 2.30. The van der Waals surface area contributed by atoms with Crippen LogP contribution in [0.5, 0.6) is 11.6 Å². The lowest BCUT2D eigenvalue weighted by Gasteiger charge is -2.31. The first-order valence-electron chi connectivity index (χ1n) is 9.56. The van der Waals surface area contributed by atoms with Gasteiger partial charge in [-0.05, 0) is 31.0 Å². The van der Waals surface area contributed by atoms with E-state index in [1.807, 2.05) is 4.90 Å². The van der Waals surface area contributed by atoms with Gasteiger partial charge >= 0.3 is 6.18 Å². The monoisotopic (exact) mass is 424 g/mol. The molecule has 7 nitrogen and oxygen atoms in total. The Bertz CT molecular complexity index is 855. The van der Waals surface area contributed by atoms with Crippen LogP contribution in [-0.2, 0) is 11.0 Å². The molecule has 1 saturated heterocycles. The molecule has 0 radical (unpaired) electrons. The van der Waals surface area contributed by atoms with E-state index in [1.165, 1.54) is 12.1 Å². The van der Waals surface area contributed by atoms with Gasteiger partial charge in [0, 0.05) is 31.3 Å². The lowest BCUT2D eigenvalue weighted by atomic mass is 9.96. The maximum atomic E-state index is 12.7. The molecule has 1 amide bonds. The van der Waals surface area contributed by atoms with Gasteiger partial charge in [0.2, 0.25) is 17.7 Å². The molecular formula is C20H23F3N4O3. The fraction of sp³-hybridized carbons (Fsp3) is 0.450. The Morgan fingerprint density at radius 2 is 2.03 bits per heavy atom. The predicted octanol–water partition coefficient (Wildman–Crippen LogP) is 2.92. The highest BCUT2D eigenvalue weighted by molar-refractivity contribution is 5.78. The fourth-order valence-corrected chi connectivity index (χ4v) is 3.19. The number of halogens is 3. The van der Waals surface area contributed by atoms with E-state index in [2.05, 4.69) is 15.3 Å². The molecule has 0 saturated carbocycles. The summed E-state index contributed by atoms with van der Waals surface area (Å²) in [7, 11) is 1.54. The van der Waals surface area contributed by atoms with Crippen LogP contribution in [0.1, 0.15) is 18.4 Å². The molecule has 1 aliphatic heterocycles. The second-order valence-corrected chi connectivity index (χ2v) is 6.83. The maximum Gasteiger partial charge on any atom is 0.416 e. The molecule has 30 heavy (non-hydrogen) atoms. The van der Waals surface area contributed by atoms with Crippen molar-refractivity contribution in [2.75, 3.05) is 38.3 Å². The number of rotatable bonds is 7. The summed E-state index contributed by atoms with van der Waals surface area (Å²) in [6.45, 7) is 1.59. The molecule has 162 valence electrons. The summed E-state index contributed by atoms with van der Waals surface area (Å²) in [6.07, 6.45) is -1.48. The van der Waals surface area contributed by atoms with Crippen LogP contribution < -0.4 is 19.7 Å². The van der Waals surface area contributed by atoms with Crippen LogP contribution in [0.2, 0.25) is 0 Å². The van der Waals surface area contributed by atoms with Gasteiger partial charge < -0.3 is 19.7 Å². The molecule has 0 bridgehead atoms. The number of nitrogens with one attached hydrogen (secondary N) is 1. The number of alkyl halides is 3. The molecule has 1 aromatic carbocycles. The second-order valence-electron chi connectivity index (χ2n) is 6.83. The molecule has 2 aromatic rings. The largest absolute Gasteiger partial charge is 0.492 e. The highest BCUT2D eigenvalue weighted by atomic mass is 19.4. The molecule has 2 heterocycles. The van der Waals surface area contributed by atoms with Crippen LogP contribution in [0.15, 0.2) is 36.5 Å². The minimum Gasteiger partial charge on any atom is -0.492 e. The van der Waals surface area contributed by atoms with Gasteiger partial charge in [-0.2, -0.15) is 18.2 Å². The first-order chi connectivity index (χ1) is 14.4. The third kappa shape index (κ3) is 5.74. The van der Waals surface area contributed by atoms with Gasteiger partial charge in [-0.3, -0.25) is 4.79 Å². The molecule has 0 atom stereocenters. The number of methoxy groups -OCH3 is 1. The van der Waals surface area contributed by atoms with E-state index in [-0.39, 0.29) is 30.7 Å². The number of hydrogen-bond acceptors (Lipinski definition) is 6. The molecule has 1 aromatic heterocycles. The maximum absolute atomic E-state index is 12.7. The third-order valence-electron chi connectivity index (χ3n) is 4.81. The summed E-state index contributed by atoms with van der Waals surface area (Å²) in [5.74, 6) is 0.947. The van der Waals surface area contributed by atoms with Crippen LogP contribution in [0.25, 0.3) is 0 Å². The number of ether oxygens (including phenoxy) is 2. The smallest absolute Gasteiger partial charge is 0.416 e. The van der Waals surface area contributed by atoms with Crippen molar-refractivity contribution in [2.45, 2.75) is 19.0 Å². The van der Waals surface area contributed by atoms with Crippen molar-refractivity contribution in [3.8, 4) is 11.6 Å². The van der Waals surface area contributed by atoms with E-state index in [9.17, 15) is 18.0 Å². The number of nitrogens with zero attached hydrogens (tertiary/aromatic N) is 3. The normalized spacial score (nSPS) is 15.0. The van der Waals surface area contributed by atoms with E-state index in [0.717, 1.165) is 12.1 Å². The Morgan fingerprint density at radius 1 is 1.27 bits per heavy atom. The van der Waals surface area contributed by atoms with Gasteiger partial charge in [-0.1, -0.05) is 6.07 Å². The first kappa shape index (κ1) is 21.7. The molecule has 0 aliphatic carbocycles. The van der Waals surface area contributed by atoms with E-state index < -0.39 is 11.7 Å². The summed E-state index contributed by atoms with van der Waals surface area (Å²) >= 11 is 0. The van der Waals surface area contributed by atoms with E-state index in [0.29, 0.717) is 37.8 Å². The number of carbonyl (C=O) groups excluding carboxylic acids is 1. The van der Waals surface area contributed by atoms with Gasteiger partial charge in [0.15, 0.2) is 0 Å². The molecule has 3 rings (SSSR count). The summed E-state index contributed by atoms with van der Waals surface area (Å²) in [6, 6.07) is 6.34. The molecule has 1 N–H and O–H groups in total. The number of amides is 1. The molecular weight excluding hydrogens is 401 g/mol. The number of hydrogen-bond donors (Lipinski definition) is 1. The van der Waals surface area contributed by atoms with Gasteiger partial charge in [0.05, 0.1) is 19.2 Å². The van der Waals surface area contributed by atoms with Crippen molar-refractivity contribution in [3.63, 3.8) is 0 Å². The van der Waals surface area contributed by atoms with Crippen LogP contribution in [0.4, 0.5) is 19.1 Å². The zero-order valence-corrected chi connectivity index (χ0v) is 16.5. The number of benzene rings is 1. The van der Waals surface area contributed by atoms with Crippen LogP contribution in [0.3, 0.4) is 0 Å². The van der Waals surface area contributed by atoms with Crippen molar-refractivity contribution >= 4 is 11.9 Å². The van der Waals surface area contributed by atoms with Crippen molar-refractivity contribution < 1.29 is 27.4 Å². The highest BCUT2D eigenvalue weighted by Crippen LogP contribution is 2.31. The Balaban J connectivity index is 1.40. The summed E-state index contributed by atoms with van der Waals surface area (Å²) in [4.78, 5) is 22.9. The summed E-state index contributed by atoms with van der Waals surface area (Å²) in [5.41, 5.74) is -0.768. The molecule has 1 fully saturated rings. The van der Waals surface area contributed by atoms with Crippen LogP contribution in [0, 0.1) is 5.92 Å². The van der Waals surface area contributed by atoms with E-state index in [1.54, 1.807) is 19.4 Å². The Hall–Kier alpha value is -3.04. The van der Waals surface area contributed by atoms with Crippen molar-refractivity contribution in [2.24, 2.45) is 5.92 Å². The average molecular weight is 424 g/mol. The van der Waals surface area contributed by atoms with Crippen LogP contribution >= 0.6 is 0 Å². The van der Waals surface area contributed by atoms with Crippen molar-refractivity contribution in [1.82, 2.24) is 15.3 Å². The molecule has 1 aliphatic rings. The number of carbonyl (C=O) groups is 1. The van der Waals surface area contributed by atoms with Gasteiger partial charge in [0.25, 0.3) is 0 Å². The van der Waals surface area contributed by atoms with Crippen molar-refractivity contribution in [1.29, 1.82) is 0 Å². The lowest BCUT2D eigenvalue weighted by molar-refractivity contribution is -0.137. The van der Waals surface area contributed by atoms with E-state index in [4.69, 9.17) is 9.47 Å². The molecule has 0 spiro atoms. The Labute approximate surface area is 172 Å². The van der Waals surface area contributed by atoms with Gasteiger partial charge in [-0.15, -0.1) is 0 Å². The minimum absolute atomic E-state index is 0.0869. The first-order valence-corrected chi connectivity index (χ1v) is 9.56. The minimum atomic E-state index is -4.42. The second kappa shape index (κ2) is 9.64. The predicted molar refractivity (Wildman–Crippen MR) is 103 cm³/mol. The fourth-order valence-electron chi connectivity index (χ4n) is 3.19.